The van der Waals surface area contributed by atoms with Crippen molar-refractivity contribution in [1.29, 1.82) is 0 Å². The summed E-state index contributed by atoms with van der Waals surface area (Å²) in [5, 5.41) is 3.37. The Hall–Kier alpha value is -1.57. The highest BCUT2D eigenvalue weighted by Crippen LogP contribution is 2.27. The van der Waals surface area contributed by atoms with Gasteiger partial charge in [0, 0.05) is 12.7 Å². The van der Waals surface area contributed by atoms with Crippen molar-refractivity contribution >= 4 is 5.91 Å². The standard InChI is InChI=1S/C12H16F3N3O2/c1-8-7-20-9(2)5-18(8)11(19)6-17-4-3-10(16-17)12(13,14)15/h3-4,8-9H,5-7H2,1-2H3. The molecule has 1 aliphatic rings. The summed E-state index contributed by atoms with van der Waals surface area (Å²) >= 11 is 0. The zero-order valence-corrected chi connectivity index (χ0v) is 11.2. The van der Waals surface area contributed by atoms with Crippen LogP contribution >= 0.6 is 0 Å². The molecule has 0 aromatic carbocycles. The smallest absolute Gasteiger partial charge is 0.375 e. The predicted octanol–water partition coefficient (Wildman–Crippen LogP) is 1.54. The van der Waals surface area contributed by atoms with Gasteiger partial charge in [-0.3, -0.25) is 9.48 Å². The Labute approximate surface area is 114 Å². The molecule has 2 heterocycles. The lowest BCUT2D eigenvalue weighted by atomic mass is 10.2. The number of halogens is 3. The fraction of sp³-hybridized carbons (Fsp3) is 0.667. The van der Waals surface area contributed by atoms with Gasteiger partial charge in [0.1, 0.15) is 6.54 Å². The van der Waals surface area contributed by atoms with E-state index in [1.807, 2.05) is 13.8 Å². The van der Waals surface area contributed by atoms with E-state index in [1.54, 1.807) is 4.90 Å². The SMILES string of the molecule is CC1CN(C(=O)Cn2ccc(C(F)(F)F)n2)C(C)CO1. The summed E-state index contributed by atoms with van der Waals surface area (Å²) in [5.41, 5.74) is -0.992. The number of carbonyl (C=O) groups is 1. The molecule has 0 bridgehead atoms. The molecular weight excluding hydrogens is 275 g/mol. The zero-order chi connectivity index (χ0) is 14.9. The van der Waals surface area contributed by atoms with Crippen LogP contribution in [0.15, 0.2) is 12.3 Å². The van der Waals surface area contributed by atoms with Crippen molar-refractivity contribution < 1.29 is 22.7 Å². The third kappa shape index (κ3) is 3.30. The monoisotopic (exact) mass is 291 g/mol. The summed E-state index contributed by atoms with van der Waals surface area (Å²) in [5.74, 6) is -0.260. The molecule has 1 aromatic heterocycles. The van der Waals surface area contributed by atoms with E-state index in [0.29, 0.717) is 13.2 Å². The van der Waals surface area contributed by atoms with Gasteiger partial charge in [0.05, 0.1) is 18.8 Å². The van der Waals surface area contributed by atoms with Crippen LogP contribution in [0.5, 0.6) is 0 Å². The van der Waals surface area contributed by atoms with Crippen molar-refractivity contribution in [3.63, 3.8) is 0 Å². The molecule has 0 radical (unpaired) electrons. The minimum atomic E-state index is -4.49. The highest BCUT2D eigenvalue weighted by Gasteiger charge is 2.34. The van der Waals surface area contributed by atoms with Crippen LogP contribution in [-0.4, -0.2) is 45.9 Å². The minimum Gasteiger partial charge on any atom is -0.375 e. The van der Waals surface area contributed by atoms with Crippen molar-refractivity contribution in [3.8, 4) is 0 Å². The quantitative estimate of drug-likeness (QED) is 0.830. The number of morpholine rings is 1. The highest BCUT2D eigenvalue weighted by atomic mass is 19.4. The average molecular weight is 291 g/mol. The highest BCUT2D eigenvalue weighted by molar-refractivity contribution is 5.76. The molecule has 20 heavy (non-hydrogen) atoms. The van der Waals surface area contributed by atoms with E-state index in [4.69, 9.17) is 4.74 Å². The number of amides is 1. The average Bonchev–Trinajstić information content (AvgIpc) is 2.80. The van der Waals surface area contributed by atoms with E-state index in [0.717, 1.165) is 16.9 Å². The number of aromatic nitrogens is 2. The Morgan fingerprint density at radius 3 is 2.80 bits per heavy atom. The topological polar surface area (TPSA) is 47.4 Å². The first-order chi connectivity index (χ1) is 9.27. The molecule has 112 valence electrons. The zero-order valence-electron chi connectivity index (χ0n) is 11.2. The van der Waals surface area contributed by atoms with E-state index in [-0.39, 0.29) is 24.6 Å². The molecule has 8 heteroatoms. The second-order valence-corrected chi connectivity index (χ2v) is 4.94. The third-order valence-corrected chi connectivity index (χ3v) is 3.16. The van der Waals surface area contributed by atoms with Gasteiger partial charge < -0.3 is 9.64 Å². The molecule has 0 aliphatic carbocycles. The molecule has 1 amide bonds. The van der Waals surface area contributed by atoms with E-state index >= 15 is 0 Å². The Morgan fingerprint density at radius 2 is 2.20 bits per heavy atom. The van der Waals surface area contributed by atoms with E-state index < -0.39 is 11.9 Å². The Balaban J connectivity index is 2.02. The van der Waals surface area contributed by atoms with Crippen LogP contribution in [0.4, 0.5) is 13.2 Å². The molecule has 0 N–H and O–H groups in total. The van der Waals surface area contributed by atoms with Crippen molar-refractivity contribution in [2.45, 2.75) is 38.7 Å². The van der Waals surface area contributed by atoms with Crippen LogP contribution in [0.2, 0.25) is 0 Å². The lowest BCUT2D eigenvalue weighted by Crippen LogP contribution is -2.51. The fourth-order valence-corrected chi connectivity index (χ4v) is 2.08. The molecule has 0 saturated carbocycles. The molecule has 5 nitrogen and oxygen atoms in total. The van der Waals surface area contributed by atoms with Gasteiger partial charge in [-0.25, -0.2) is 0 Å². The van der Waals surface area contributed by atoms with E-state index in [2.05, 4.69) is 5.10 Å². The summed E-state index contributed by atoms with van der Waals surface area (Å²) in [4.78, 5) is 13.7. The fourth-order valence-electron chi connectivity index (χ4n) is 2.08. The van der Waals surface area contributed by atoms with Crippen molar-refractivity contribution in [2.75, 3.05) is 13.2 Å². The maximum atomic E-state index is 12.4. The molecule has 1 aliphatic heterocycles. The molecule has 0 spiro atoms. The number of alkyl halides is 3. The molecule has 1 aromatic rings. The van der Waals surface area contributed by atoms with Gasteiger partial charge in [-0.15, -0.1) is 0 Å². The summed E-state index contributed by atoms with van der Waals surface area (Å²) in [6, 6.07) is 0.773. The van der Waals surface area contributed by atoms with Gasteiger partial charge in [-0.05, 0) is 19.9 Å². The summed E-state index contributed by atoms with van der Waals surface area (Å²) in [6.07, 6.45) is -3.40. The van der Waals surface area contributed by atoms with Crippen LogP contribution in [0, 0.1) is 0 Å². The summed E-state index contributed by atoms with van der Waals surface area (Å²) in [6.45, 7) is 4.36. The Morgan fingerprint density at radius 1 is 1.50 bits per heavy atom. The first kappa shape index (κ1) is 14.8. The Bertz CT molecular complexity index is 487. The van der Waals surface area contributed by atoms with Gasteiger partial charge in [0.2, 0.25) is 5.91 Å². The largest absolute Gasteiger partial charge is 0.435 e. The van der Waals surface area contributed by atoms with E-state index in [9.17, 15) is 18.0 Å². The van der Waals surface area contributed by atoms with Crippen LogP contribution in [0.1, 0.15) is 19.5 Å². The third-order valence-electron chi connectivity index (χ3n) is 3.16. The van der Waals surface area contributed by atoms with Crippen LogP contribution in [0.25, 0.3) is 0 Å². The maximum Gasteiger partial charge on any atom is 0.435 e. The second kappa shape index (κ2) is 5.43. The normalized spacial score (nSPS) is 23.9. The number of rotatable bonds is 2. The van der Waals surface area contributed by atoms with Crippen molar-refractivity contribution in [3.05, 3.63) is 18.0 Å². The minimum absolute atomic E-state index is 0.0708. The van der Waals surface area contributed by atoms with Gasteiger partial charge in [-0.2, -0.15) is 18.3 Å². The van der Waals surface area contributed by atoms with Gasteiger partial charge in [0.15, 0.2) is 5.69 Å². The first-order valence-electron chi connectivity index (χ1n) is 6.29. The van der Waals surface area contributed by atoms with Crippen LogP contribution in [-0.2, 0) is 22.3 Å². The predicted molar refractivity (Wildman–Crippen MR) is 63.8 cm³/mol. The number of ether oxygens (including phenoxy) is 1. The van der Waals surface area contributed by atoms with Gasteiger partial charge in [0.25, 0.3) is 0 Å². The maximum absolute atomic E-state index is 12.4. The number of carbonyl (C=O) groups excluding carboxylic acids is 1. The number of hydrogen-bond donors (Lipinski definition) is 0. The van der Waals surface area contributed by atoms with Crippen LogP contribution in [0.3, 0.4) is 0 Å². The Kier molecular flexibility index (Phi) is 4.03. The second-order valence-electron chi connectivity index (χ2n) is 4.94. The molecular formula is C12H16F3N3O2. The summed E-state index contributed by atoms with van der Waals surface area (Å²) in [7, 11) is 0. The summed E-state index contributed by atoms with van der Waals surface area (Å²) < 4.78 is 43.7. The van der Waals surface area contributed by atoms with Crippen molar-refractivity contribution in [2.24, 2.45) is 0 Å². The lowest BCUT2D eigenvalue weighted by Gasteiger charge is -2.36. The van der Waals surface area contributed by atoms with Crippen LogP contribution < -0.4 is 0 Å². The van der Waals surface area contributed by atoms with E-state index in [1.165, 1.54) is 0 Å². The lowest BCUT2D eigenvalue weighted by molar-refractivity contribution is -0.145. The van der Waals surface area contributed by atoms with Crippen molar-refractivity contribution in [1.82, 2.24) is 14.7 Å². The van der Waals surface area contributed by atoms with Gasteiger partial charge in [-0.1, -0.05) is 0 Å². The molecule has 2 atom stereocenters. The molecule has 1 saturated heterocycles. The van der Waals surface area contributed by atoms with Gasteiger partial charge >= 0.3 is 6.18 Å². The molecule has 2 unspecified atom stereocenters. The number of hydrogen-bond acceptors (Lipinski definition) is 3. The molecule has 1 fully saturated rings. The first-order valence-corrected chi connectivity index (χ1v) is 6.29. The number of nitrogens with zero attached hydrogens (tertiary/aromatic N) is 3. The molecule has 2 rings (SSSR count).